The molecule has 0 radical (unpaired) electrons. The molecule has 0 saturated carbocycles. The van der Waals surface area contributed by atoms with E-state index in [0.29, 0.717) is 16.9 Å². The average molecular weight is 329 g/mol. The quantitative estimate of drug-likeness (QED) is 0.672. The van der Waals surface area contributed by atoms with E-state index < -0.39 is 0 Å². The Kier molecular flexibility index (Phi) is 4.29. The minimum absolute atomic E-state index is 0.333. The molecule has 0 fully saturated rings. The number of carbonyl (C=O) groups excluding carboxylic acids is 1. The van der Waals surface area contributed by atoms with E-state index >= 15 is 0 Å². The second kappa shape index (κ2) is 6.37. The van der Waals surface area contributed by atoms with Crippen LogP contribution in [0.1, 0.15) is 25.1 Å². The largest absolute Gasteiger partial charge is 0.326 e. The number of aromatic nitrogens is 3. The van der Waals surface area contributed by atoms with Gasteiger partial charge in [-0.1, -0.05) is 37.3 Å². The van der Waals surface area contributed by atoms with E-state index in [2.05, 4.69) is 39.7 Å². The number of benzene rings is 1. The highest BCUT2D eigenvalue weighted by Crippen LogP contribution is 2.26. The molecule has 3 aromatic rings. The number of rotatable bonds is 4. The normalized spacial score (nSPS) is 11.1. The molecule has 0 aliphatic heterocycles. The molecule has 0 aliphatic rings. The van der Waals surface area contributed by atoms with Gasteiger partial charge in [0.05, 0.1) is 10.2 Å². The van der Waals surface area contributed by atoms with Gasteiger partial charge in [-0.3, -0.25) is 15.7 Å². The molecule has 2 aromatic heterocycles. The maximum atomic E-state index is 12.2. The third-order valence-electron chi connectivity index (χ3n) is 3.43. The fraction of sp³-hybridized carbons (Fsp3) is 0.312. The molecule has 2 amide bonds. The molecule has 2 heterocycles. The van der Waals surface area contributed by atoms with Crippen LogP contribution in [-0.4, -0.2) is 21.2 Å². The lowest BCUT2D eigenvalue weighted by Gasteiger charge is -2.08. The van der Waals surface area contributed by atoms with Crippen LogP contribution in [0.25, 0.3) is 10.2 Å². The van der Waals surface area contributed by atoms with Crippen molar-refractivity contribution in [1.29, 1.82) is 0 Å². The van der Waals surface area contributed by atoms with Crippen LogP contribution in [0.2, 0.25) is 0 Å². The van der Waals surface area contributed by atoms with Crippen LogP contribution in [0.4, 0.5) is 15.7 Å². The molecule has 0 spiro atoms. The van der Waals surface area contributed by atoms with Crippen molar-refractivity contribution in [2.24, 2.45) is 5.92 Å². The smallest absolute Gasteiger partial charge is 0.290 e. The first-order chi connectivity index (χ1) is 11.0. The summed E-state index contributed by atoms with van der Waals surface area (Å²) in [7, 11) is 0. The Morgan fingerprint density at radius 1 is 1.30 bits per heavy atom. The lowest BCUT2D eigenvalue weighted by molar-refractivity contribution is 0.262. The predicted octanol–water partition coefficient (Wildman–Crippen LogP) is 4.17. The molecule has 0 unspecified atom stereocenters. The zero-order chi connectivity index (χ0) is 16.4. The van der Waals surface area contributed by atoms with Gasteiger partial charge < -0.3 is 0 Å². The van der Waals surface area contributed by atoms with Crippen LogP contribution in [0.15, 0.2) is 24.3 Å². The molecular formula is C16H19N5OS. The number of H-pyrrole nitrogens is 1. The van der Waals surface area contributed by atoms with Crippen molar-refractivity contribution < 1.29 is 4.79 Å². The van der Waals surface area contributed by atoms with Crippen molar-refractivity contribution in [1.82, 2.24) is 15.2 Å². The van der Waals surface area contributed by atoms with Crippen LogP contribution < -0.4 is 10.6 Å². The van der Waals surface area contributed by atoms with Gasteiger partial charge in [-0.15, -0.1) is 0 Å². The maximum Gasteiger partial charge on any atom is 0.326 e. The topological polar surface area (TPSA) is 82.7 Å². The predicted molar refractivity (Wildman–Crippen MR) is 94.1 cm³/mol. The molecule has 7 heteroatoms. The van der Waals surface area contributed by atoms with Crippen LogP contribution in [0, 0.1) is 12.8 Å². The van der Waals surface area contributed by atoms with E-state index in [0.717, 1.165) is 27.9 Å². The van der Waals surface area contributed by atoms with Gasteiger partial charge in [-0.25, -0.2) is 9.78 Å². The number of carbonyl (C=O) groups is 1. The summed E-state index contributed by atoms with van der Waals surface area (Å²) in [4.78, 5) is 16.6. The first-order valence-corrected chi connectivity index (χ1v) is 8.32. The van der Waals surface area contributed by atoms with Crippen molar-refractivity contribution >= 4 is 38.5 Å². The molecule has 0 aliphatic carbocycles. The Hall–Kier alpha value is -2.41. The van der Waals surface area contributed by atoms with Crippen LogP contribution in [0.5, 0.6) is 0 Å². The highest BCUT2D eigenvalue weighted by Gasteiger charge is 2.15. The zero-order valence-electron chi connectivity index (χ0n) is 13.3. The standard InChI is InChI=1S/C16H19N5OS/c1-9(2)8-11-10(3)20-21-14(11)18-15(22)19-16-17-12-6-4-5-7-13(12)23-16/h4-7,9H,8H2,1-3H3,(H3,17,18,19,20,21,22). The summed E-state index contributed by atoms with van der Waals surface area (Å²) >= 11 is 1.44. The van der Waals surface area contributed by atoms with Crippen LogP contribution in [0.3, 0.4) is 0 Å². The number of aromatic amines is 1. The molecule has 3 N–H and O–H groups in total. The van der Waals surface area contributed by atoms with Gasteiger partial charge in [-0.05, 0) is 31.4 Å². The van der Waals surface area contributed by atoms with E-state index in [1.54, 1.807) is 0 Å². The third-order valence-corrected chi connectivity index (χ3v) is 4.38. The Labute approximate surface area is 138 Å². The SMILES string of the molecule is Cc1[nH]nc(NC(=O)Nc2nc3ccccc3s2)c1CC(C)C. The van der Waals surface area contributed by atoms with Crippen molar-refractivity contribution in [3.63, 3.8) is 0 Å². The summed E-state index contributed by atoms with van der Waals surface area (Å²) in [6, 6.07) is 7.45. The highest BCUT2D eigenvalue weighted by molar-refractivity contribution is 7.22. The van der Waals surface area contributed by atoms with Gasteiger partial charge in [-0.2, -0.15) is 5.10 Å². The summed E-state index contributed by atoms with van der Waals surface area (Å²) in [5.41, 5.74) is 2.90. The fourth-order valence-electron chi connectivity index (χ4n) is 2.38. The molecular weight excluding hydrogens is 310 g/mol. The summed E-state index contributed by atoms with van der Waals surface area (Å²) < 4.78 is 1.04. The zero-order valence-corrected chi connectivity index (χ0v) is 14.1. The van der Waals surface area contributed by atoms with Crippen molar-refractivity contribution in [3.05, 3.63) is 35.5 Å². The van der Waals surface area contributed by atoms with Crippen LogP contribution in [-0.2, 0) is 6.42 Å². The number of amides is 2. The number of hydrogen-bond acceptors (Lipinski definition) is 4. The van der Waals surface area contributed by atoms with Gasteiger partial charge in [0.2, 0.25) is 0 Å². The van der Waals surface area contributed by atoms with E-state index in [-0.39, 0.29) is 6.03 Å². The summed E-state index contributed by atoms with van der Waals surface area (Å²) in [6.45, 7) is 6.23. The van der Waals surface area contributed by atoms with Gasteiger partial charge in [0.25, 0.3) is 0 Å². The molecule has 120 valence electrons. The van der Waals surface area contributed by atoms with E-state index in [9.17, 15) is 4.79 Å². The molecule has 23 heavy (non-hydrogen) atoms. The number of hydrogen-bond donors (Lipinski definition) is 3. The summed E-state index contributed by atoms with van der Waals surface area (Å²) in [5, 5.41) is 13.3. The van der Waals surface area contributed by atoms with Gasteiger partial charge in [0.15, 0.2) is 10.9 Å². The van der Waals surface area contributed by atoms with E-state index in [1.165, 1.54) is 11.3 Å². The number of para-hydroxylation sites is 1. The second-order valence-corrected chi connectivity index (χ2v) is 6.87. The fourth-order valence-corrected chi connectivity index (χ4v) is 3.24. The molecule has 0 saturated heterocycles. The number of fused-ring (bicyclic) bond motifs is 1. The Morgan fingerprint density at radius 2 is 2.09 bits per heavy atom. The second-order valence-electron chi connectivity index (χ2n) is 5.84. The Balaban J connectivity index is 1.72. The lowest BCUT2D eigenvalue weighted by Crippen LogP contribution is -2.20. The minimum Gasteiger partial charge on any atom is -0.290 e. The lowest BCUT2D eigenvalue weighted by atomic mass is 10.0. The van der Waals surface area contributed by atoms with Crippen molar-refractivity contribution in [2.45, 2.75) is 27.2 Å². The van der Waals surface area contributed by atoms with Crippen molar-refractivity contribution in [3.8, 4) is 0 Å². The van der Waals surface area contributed by atoms with Crippen LogP contribution >= 0.6 is 11.3 Å². The summed E-state index contributed by atoms with van der Waals surface area (Å²) in [5.74, 6) is 1.06. The maximum absolute atomic E-state index is 12.2. The number of urea groups is 1. The van der Waals surface area contributed by atoms with Gasteiger partial charge in [0.1, 0.15) is 0 Å². The number of aryl methyl sites for hydroxylation is 1. The van der Waals surface area contributed by atoms with E-state index in [4.69, 9.17) is 0 Å². The highest BCUT2D eigenvalue weighted by atomic mass is 32.1. The van der Waals surface area contributed by atoms with Gasteiger partial charge >= 0.3 is 6.03 Å². The molecule has 3 rings (SSSR count). The summed E-state index contributed by atoms with van der Waals surface area (Å²) in [6.07, 6.45) is 0.860. The number of anilines is 2. The average Bonchev–Trinajstić information content (AvgIpc) is 3.04. The number of nitrogens with zero attached hydrogens (tertiary/aromatic N) is 2. The Morgan fingerprint density at radius 3 is 2.83 bits per heavy atom. The Bertz CT molecular complexity index is 803. The third kappa shape index (κ3) is 3.50. The molecule has 6 nitrogen and oxygen atoms in total. The van der Waals surface area contributed by atoms with Gasteiger partial charge in [0, 0.05) is 11.3 Å². The first-order valence-electron chi connectivity index (χ1n) is 7.50. The molecule has 0 atom stereocenters. The molecule has 0 bridgehead atoms. The van der Waals surface area contributed by atoms with Crippen molar-refractivity contribution in [2.75, 3.05) is 10.6 Å². The van der Waals surface area contributed by atoms with E-state index in [1.807, 2.05) is 31.2 Å². The number of thiazole rings is 1. The number of nitrogens with one attached hydrogen (secondary N) is 3. The molecule has 1 aromatic carbocycles. The minimum atomic E-state index is -0.333. The first kappa shape index (κ1) is 15.5. The monoisotopic (exact) mass is 329 g/mol.